The molecule has 4 aliphatic rings. The van der Waals surface area contributed by atoms with E-state index in [9.17, 15) is 9.90 Å². The minimum absolute atomic E-state index is 0.131. The lowest BCUT2D eigenvalue weighted by Crippen LogP contribution is -2.46. The lowest BCUT2D eigenvalue weighted by atomic mass is 9.51. The monoisotopic (exact) mass is 398 g/mol. The summed E-state index contributed by atoms with van der Waals surface area (Å²) in [7, 11) is 0. The fourth-order valence-corrected chi connectivity index (χ4v) is 7.53. The van der Waals surface area contributed by atoms with E-state index in [1.165, 1.54) is 36.8 Å². The van der Waals surface area contributed by atoms with Crippen LogP contribution in [0.4, 0.5) is 0 Å². The van der Waals surface area contributed by atoms with Gasteiger partial charge in [0.25, 0.3) is 0 Å². The van der Waals surface area contributed by atoms with Crippen LogP contribution in [0.3, 0.4) is 0 Å². The van der Waals surface area contributed by atoms with Gasteiger partial charge in [-0.05, 0) is 78.6 Å². The Balaban J connectivity index is 1.59. The highest BCUT2D eigenvalue weighted by Gasteiger charge is 2.55. The molecule has 0 aromatic heterocycles. The summed E-state index contributed by atoms with van der Waals surface area (Å²) < 4.78 is 0. The van der Waals surface area contributed by atoms with Gasteiger partial charge in [-0.15, -0.1) is 0 Å². The van der Waals surface area contributed by atoms with Crippen LogP contribution in [-0.2, 0) is 4.79 Å². The summed E-state index contributed by atoms with van der Waals surface area (Å²) in [5, 5.41) is 10.2. The first-order valence-electron chi connectivity index (χ1n) is 12.3. The number of aliphatic hydroxyl groups excluding tert-OH is 1. The van der Waals surface area contributed by atoms with Crippen molar-refractivity contribution in [3.63, 3.8) is 0 Å². The summed E-state index contributed by atoms with van der Waals surface area (Å²) >= 11 is 0. The van der Waals surface area contributed by atoms with Crippen molar-refractivity contribution in [1.29, 1.82) is 0 Å². The summed E-state index contributed by atoms with van der Waals surface area (Å²) in [6.07, 6.45) is 13.1. The predicted octanol–water partition coefficient (Wildman–Crippen LogP) is 6.63. The van der Waals surface area contributed by atoms with Crippen molar-refractivity contribution in [3.05, 3.63) is 22.8 Å². The SMILES string of the molecule is CC(C)CCC[C@@H](C)[C@H]1CC=C2C3=C(CC[C@@]21C)[C@@]1(C)CC[C@H](O)C[C@@H]1CC3=O. The van der Waals surface area contributed by atoms with Crippen molar-refractivity contribution in [1.82, 2.24) is 0 Å². The van der Waals surface area contributed by atoms with Crippen LogP contribution in [0, 0.1) is 34.5 Å². The van der Waals surface area contributed by atoms with Crippen molar-refractivity contribution in [2.75, 3.05) is 0 Å². The van der Waals surface area contributed by atoms with Crippen molar-refractivity contribution in [3.8, 4) is 0 Å². The van der Waals surface area contributed by atoms with Gasteiger partial charge < -0.3 is 5.11 Å². The molecule has 0 aromatic carbocycles. The summed E-state index contributed by atoms with van der Waals surface area (Å²) in [6, 6.07) is 0. The van der Waals surface area contributed by atoms with E-state index in [0.29, 0.717) is 24.0 Å². The van der Waals surface area contributed by atoms with E-state index in [4.69, 9.17) is 0 Å². The van der Waals surface area contributed by atoms with Gasteiger partial charge >= 0.3 is 0 Å². The number of fused-ring (bicyclic) bond motifs is 4. The van der Waals surface area contributed by atoms with Crippen molar-refractivity contribution in [2.24, 2.45) is 34.5 Å². The number of hydrogen-bond acceptors (Lipinski definition) is 2. The van der Waals surface area contributed by atoms with Crippen LogP contribution in [0.15, 0.2) is 22.8 Å². The molecule has 4 rings (SSSR count). The zero-order valence-corrected chi connectivity index (χ0v) is 19.4. The average molecular weight is 399 g/mol. The van der Waals surface area contributed by atoms with Gasteiger partial charge in [0.2, 0.25) is 0 Å². The van der Waals surface area contributed by atoms with Crippen molar-refractivity contribution >= 4 is 5.78 Å². The molecule has 0 saturated heterocycles. The Morgan fingerprint density at radius 3 is 2.62 bits per heavy atom. The molecular formula is C27H42O2. The number of carbonyl (C=O) groups is 1. The van der Waals surface area contributed by atoms with Gasteiger partial charge in [0.1, 0.15) is 0 Å². The molecule has 0 unspecified atom stereocenters. The number of rotatable bonds is 5. The quantitative estimate of drug-likeness (QED) is 0.564. The summed E-state index contributed by atoms with van der Waals surface area (Å²) in [5.41, 5.74) is 4.33. The first-order valence-corrected chi connectivity index (χ1v) is 12.3. The molecule has 6 atom stereocenters. The predicted molar refractivity (Wildman–Crippen MR) is 119 cm³/mol. The molecule has 2 heteroatoms. The Morgan fingerprint density at radius 2 is 1.90 bits per heavy atom. The molecule has 0 aliphatic heterocycles. The van der Waals surface area contributed by atoms with Crippen LogP contribution in [0.1, 0.15) is 98.8 Å². The molecule has 1 N–H and O–H groups in total. The van der Waals surface area contributed by atoms with Gasteiger partial charge in [0.15, 0.2) is 5.78 Å². The van der Waals surface area contributed by atoms with Gasteiger partial charge in [0, 0.05) is 12.0 Å². The van der Waals surface area contributed by atoms with Crippen LogP contribution in [0.25, 0.3) is 0 Å². The third-order valence-electron chi connectivity index (χ3n) is 9.46. The molecule has 0 aromatic rings. The van der Waals surface area contributed by atoms with Gasteiger partial charge in [-0.25, -0.2) is 0 Å². The zero-order valence-electron chi connectivity index (χ0n) is 19.4. The second kappa shape index (κ2) is 7.66. The molecule has 0 radical (unpaired) electrons. The van der Waals surface area contributed by atoms with Crippen molar-refractivity contribution < 1.29 is 9.90 Å². The van der Waals surface area contributed by atoms with E-state index in [-0.39, 0.29) is 16.9 Å². The van der Waals surface area contributed by atoms with E-state index in [1.807, 2.05) is 0 Å². The van der Waals surface area contributed by atoms with E-state index < -0.39 is 0 Å². The molecule has 2 nitrogen and oxygen atoms in total. The van der Waals surface area contributed by atoms with E-state index in [0.717, 1.165) is 49.5 Å². The van der Waals surface area contributed by atoms with Crippen LogP contribution < -0.4 is 0 Å². The first-order chi connectivity index (χ1) is 13.7. The average Bonchev–Trinajstić information content (AvgIpc) is 3.00. The van der Waals surface area contributed by atoms with Crippen molar-refractivity contribution in [2.45, 2.75) is 105 Å². The lowest BCUT2D eigenvalue weighted by molar-refractivity contribution is -0.120. The van der Waals surface area contributed by atoms with Crippen LogP contribution >= 0.6 is 0 Å². The molecule has 0 heterocycles. The maximum Gasteiger partial charge on any atom is 0.163 e. The van der Waals surface area contributed by atoms with E-state index in [2.05, 4.69) is 40.7 Å². The molecule has 0 bridgehead atoms. The lowest BCUT2D eigenvalue weighted by Gasteiger charge is -2.53. The molecule has 0 spiro atoms. The zero-order chi connectivity index (χ0) is 21.0. The van der Waals surface area contributed by atoms with Crippen LogP contribution in [0.2, 0.25) is 0 Å². The maximum absolute atomic E-state index is 13.4. The van der Waals surface area contributed by atoms with Gasteiger partial charge in [0.05, 0.1) is 6.10 Å². The van der Waals surface area contributed by atoms with Gasteiger partial charge in [-0.3, -0.25) is 4.79 Å². The summed E-state index contributed by atoms with van der Waals surface area (Å²) in [5.74, 6) is 2.92. The molecule has 4 aliphatic carbocycles. The fourth-order valence-electron chi connectivity index (χ4n) is 7.53. The Labute approximate surface area is 178 Å². The molecule has 0 amide bonds. The van der Waals surface area contributed by atoms with Gasteiger partial charge in [-0.2, -0.15) is 0 Å². The molecule has 29 heavy (non-hydrogen) atoms. The third-order valence-corrected chi connectivity index (χ3v) is 9.46. The normalized spacial score (nSPS) is 40.4. The topological polar surface area (TPSA) is 37.3 Å². The number of aliphatic hydroxyl groups is 1. The highest BCUT2D eigenvalue weighted by Crippen LogP contribution is 2.63. The smallest absolute Gasteiger partial charge is 0.163 e. The first kappa shape index (κ1) is 21.3. The van der Waals surface area contributed by atoms with E-state index in [1.54, 1.807) is 0 Å². The Hall–Kier alpha value is -0.890. The van der Waals surface area contributed by atoms with E-state index >= 15 is 0 Å². The number of Topliss-reactive ketones (excluding diaryl/α,β-unsaturated/α-hetero) is 1. The fraction of sp³-hybridized carbons (Fsp3) is 0.815. The molecule has 162 valence electrons. The third kappa shape index (κ3) is 3.48. The Bertz CT molecular complexity index is 729. The minimum atomic E-state index is -0.210. The molecule has 1 saturated carbocycles. The highest BCUT2D eigenvalue weighted by molar-refractivity contribution is 6.02. The number of carbonyl (C=O) groups excluding carboxylic acids is 1. The maximum atomic E-state index is 13.4. The standard InChI is InChI=1S/C27H42O2/c1-17(2)7-6-8-18(3)21-9-10-22-25-23(12-14-27(21,22)5)26(4)13-11-20(28)15-19(26)16-24(25)29/h10,17-21,28H,6-9,11-16H2,1-5H3/t18-,19-,20+,21-,26+,27-/m1/s1. The molecular weight excluding hydrogens is 356 g/mol. The summed E-state index contributed by atoms with van der Waals surface area (Å²) in [4.78, 5) is 13.4. The van der Waals surface area contributed by atoms with Crippen LogP contribution in [-0.4, -0.2) is 17.0 Å². The molecule has 1 fully saturated rings. The Morgan fingerprint density at radius 1 is 1.14 bits per heavy atom. The second-order valence-corrected chi connectivity index (χ2v) is 11.7. The number of allylic oxidation sites excluding steroid dienone is 4. The second-order valence-electron chi connectivity index (χ2n) is 11.7. The van der Waals surface area contributed by atoms with Crippen LogP contribution in [0.5, 0.6) is 0 Å². The number of ketones is 1. The number of hydrogen-bond donors (Lipinski definition) is 1. The highest BCUT2D eigenvalue weighted by atomic mass is 16.3. The Kier molecular flexibility index (Phi) is 5.64. The largest absolute Gasteiger partial charge is 0.393 e. The minimum Gasteiger partial charge on any atom is -0.393 e. The van der Waals surface area contributed by atoms with Gasteiger partial charge in [-0.1, -0.05) is 65.5 Å². The summed E-state index contributed by atoms with van der Waals surface area (Å²) in [6.45, 7) is 12.0.